The first-order chi connectivity index (χ1) is 18.9. The Morgan fingerprint density at radius 1 is 0.425 bits per heavy atom. The van der Waals surface area contributed by atoms with Crippen LogP contribution in [-0.2, 0) is 0 Å². The van der Waals surface area contributed by atoms with Crippen molar-refractivity contribution in [2.24, 2.45) is 0 Å². The molecule has 0 heterocycles. The van der Waals surface area contributed by atoms with E-state index < -0.39 is 64.1 Å². The lowest BCUT2D eigenvalue weighted by Gasteiger charge is -2.29. The Hall–Kier alpha value is -1.89. The zero-order valence-electron chi connectivity index (χ0n) is 24.5. The number of rotatable bonds is 13. The molecule has 0 amide bonds. The van der Waals surface area contributed by atoms with E-state index in [9.17, 15) is 40.8 Å². The molecule has 2 aromatic carbocycles. The molecule has 4 nitrogen and oxygen atoms in total. The fourth-order valence-corrected chi connectivity index (χ4v) is 4.62. The molecular formula is C28H44BF7N2O2. The molecule has 2 rings (SSSR count). The van der Waals surface area contributed by atoms with E-state index in [0.29, 0.717) is 0 Å². The third-order valence-corrected chi connectivity index (χ3v) is 6.23. The van der Waals surface area contributed by atoms with Crippen LogP contribution in [0, 0.1) is 40.7 Å². The van der Waals surface area contributed by atoms with Crippen LogP contribution in [0.4, 0.5) is 30.7 Å². The van der Waals surface area contributed by atoms with Gasteiger partial charge in [-0.2, -0.15) is 0 Å². The number of fused-ring (bicyclic) bond motifs is 1. The molecule has 0 unspecified atom stereocenters. The van der Waals surface area contributed by atoms with Crippen molar-refractivity contribution in [3.8, 4) is 0 Å². The Balaban J connectivity index is 0.000000643. The number of hydrogen-bond donors (Lipinski definition) is 2. The van der Waals surface area contributed by atoms with Crippen molar-refractivity contribution in [1.29, 1.82) is 0 Å². The summed E-state index contributed by atoms with van der Waals surface area (Å²) in [6.07, 6.45) is 7.97. The molecule has 0 aliphatic heterocycles. The second-order valence-corrected chi connectivity index (χ2v) is 9.69. The predicted molar refractivity (Wildman–Crippen MR) is 142 cm³/mol. The second kappa shape index (κ2) is 20.1. The summed E-state index contributed by atoms with van der Waals surface area (Å²) in [5.41, 5.74) is -1.87. The molecule has 0 aromatic heterocycles. The molecule has 40 heavy (non-hydrogen) atoms. The molecule has 0 bridgehead atoms. The highest BCUT2D eigenvalue weighted by Crippen LogP contribution is 2.30. The Bertz CT molecular complexity index is 974. The summed E-state index contributed by atoms with van der Waals surface area (Å²) in [4.78, 5) is 3.57. The van der Waals surface area contributed by atoms with Crippen LogP contribution in [0.25, 0.3) is 10.8 Å². The van der Waals surface area contributed by atoms with Gasteiger partial charge < -0.3 is 19.8 Å². The SMILES string of the molecule is CCC[NH+](CCC)CCC.CCC[NH+](CCC)CCC.[O-]B([O-])c1c(F)c(F)c(F)c2c(F)c(F)c(F)c(F)c12. The van der Waals surface area contributed by atoms with E-state index in [-0.39, 0.29) is 0 Å². The third-order valence-electron chi connectivity index (χ3n) is 6.23. The van der Waals surface area contributed by atoms with Crippen LogP contribution >= 0.6 is 0 Å². The molecule has 2 N–H and O–H groups in total. The lowest BCUT2D eigenvalue weighted by Crippen LogP contribution is -3.11. The van der Waals surface area contributed by atoms with Crippen LogP contribution in [-0.4, -0.2) is 46.4 Å². The average Bonchev–Trinajstić information content (AvgIpc) is 2.90. The highest BCUT2D eigenvalue weighted by atomic mass is 19.2. The van der Waals surface area contributed by atoms with Gasteiger partial charge in [0.1, 0.15) is 0 Å². The molecule has 0 aliphatic rings. The van der Waals surface area contributed by atoms with Crippen LogP contribution in [0.2, 0.25) is 0 Å². The van der Waals surface area contributed by atoms with Gasteiger partial charge in [-0.25, -0.2) is 30.7 Å². The van der Waals surface area contributed by atoms with Gasteiger partial charge in [0.25, 0.3) is 0 Å². The summed E-state index contributed by atoms with van der Waals surface area (Å²) >= 11 is 0. The van der Waals surface area contributed by atoms with Gasteiger partial charge in [-0.1, -0.05) is 54.1 Å². The van der Waals surface area contributed by atoms with E-state index in [1.54, 1.807) is 9.80 Å². The third kappa shape index (κ3) is 10.8. The highest BCUT2D eigenvalue weighted by molar-refractivity contribution is 6.59. The maximum atomic E-state index is 13.4. The topological polar surface area (TPSA) is 55.0 Å². The van der Waals surface area contributed by atoms with Gasteiger partial charge in [0.05, 0.1) is 44.7 Å². The summed E-state index contributed by atoms with van der Waals surface area (Å²) in [7, 11) is -3.41. The largest absolute Gasteiger partial charge is 0.889 e. The van der Waals surface area contributed by atoms with Crippen molar-refractivity contribution in [3.05, 3.63) is 40.7 Å². The zero-order chi connectivity index (χ0) is 31.0. The molecule has 0 spiro atoms. The predicted octanol–water partition coefficient (Wildman–Crippen LogP) is 2.43. The Labute approximate surface area is 234 Å². The monoisotopic (exact) mass is 584 g/mol. The van der Waals surface area contributed by atoms with Gasteiger partial charge in [0.2, 0.25) is 0 Å². The first-order valence-corrected chi connectivity index (χ1v) is 14.2. The number of benzene rings is 2. The van der Waals surface area contributed by atoms with E-state index in [2.05, 4.69) is 41.5 Å². The van der Waals surface area contributed by atoms with E-state index in [0.717, 1.165) is 0 Å². The van der Waals surface area contributed by atoms with Crippen LogP contribution in [0.15, 0.2) is 0 Å². The molecule has 0 atom stereocenters. The molecule has 230 valence electrons. The maximum Gasteiger partial charge on any atom is 0.198 e. The summed E-state index contributed by atoms with van der Waals surface area (Å²) in [6.45, 7) is 21.8. The minimum Gasteiger partial charge on any atom is -0.889 e. The Morgan fingerprint density at radius 2 is 0.675 bits per heavy atom. The molecule has 0 radical (unpaired) electrons. The molecule has 0 fully saturated rings. The Kier molecular flexibility index (Phi) is 19.1. The van der Waals surface area contributed by atoms with E-state index >= 15 is 0 Å². The molecule has 0 saturated carbocycles. The summed E-state index contributed by atoms with van der Waals surface area (Å²) in [5, 5.41) is 17.8. The zero-order valence-corrected chi connectivity index (χ0v) is 24.5. The standard InChI is InChI=1S/C10BF7O2.2C9H21N/c12-4-1-2(6(14)10(18)9(4)17)5(13)8(16)7(15)3(1)11(19)20;2*1-4-7-10(8-5-2)9-6-3/h;2*4-9H2,1-3H3/q-2;;/p+2. The fraction of sp³-hybridized carbons (Fsp3) is 0.643. The minimum atomic E-state index is -3.41. The molecule has 2 aromatic rings. The normalized spacial score (nSPS) is 11.0. The number of quaternary nitrogens is 2. The number of hydrogen-bond acceptors (Lipinski definition) is 2. The smallest absolute Gasteiger partial charge is 0.198 e. The van der Waals surface area contributed by atoms with Gasteiger partial charge in [0.15, 0.2) is 40.7 Å². The fourth-order valence-electron chi connectivity index (χ4n) is 4.62. The molecular weight excluding hydrogens is 540 g/mol. The van der Waals surface area contributed by atoms with Crippen molar-refractivity contribution in [2.75, 3.05) is 39.3 Å². The highest BCUT2D eigenvalue weighted by Gasteiger charge is 2.29. The van der Waals surface area contributed by atoms with Gasteiger partial charge >= 0.3 is 0 Å². The van der Waals surface area contributed by atoms with Crippen molar-refractivity contribution in [2.45, 2.75) is 80.1 Å². The Morgan fingerprint density at radius 3 is 0.925 bits per heavy atom. The summed E-state index contributed by atoms with van der Waals surface area (Å²) < 4.78 is 92.4. The van der Waals surface area contributed by atoms with Crippen LogP contribution < -0.4 is 25.3 Å². The van der Waals surface area contributed by atoms with Crippen molar-refractivity contribution >= 4 is 23.4 Å². The number of nitrogens with one attached hydrogen (secondary N) is 2. The van der Waals surface area contributed by atoms with E-state index in [1.807, 2.05) is 0 Å². The first kappa shape index (κ1) is 38.1. The van der Waals surface area contributed by atoms with Crippen LogP contribution in [0.1, 0.15) is 80.1 Å². The summed E-state index contributed by atoms with van der Waals surface area (Å²) in [6, 6.07) is 0. The molecule has 0 saturated heterocycles. The van der Waals surface area contributed by atoms with Gasteiger partial charge in [-0.05, 0) is 38.5 Å². The average molecular weight is 584 g/mol. The van der Waals surface area contributed by atoms with Crippen LogP contribution in [0.3, 0.4) is 0 Å². The van der Waals surface area contributed by atoms with Gasteiger partial charge in [-0.3, -0.25) is 0 Å². The van der Waals surface area contributed by atoms with Crippen molar-refractivity contribution in [1.82, 2.24) is 0 Å². The minimum absolute atomic E-state index is 1.33. The van der Waals surface area contributed by atoms with Crippen molar-refractivity contribution in [3.63, 3.8) is 0 Å². The van der Waals surface area contributed by atoms with Gasteiger partial charge in [-0.15, -0.1) is 0 Å². The molecule has 12 heteroatoms. The second-order valence-electron chi connectivity index (χ2n) is 9.69. The molecule has 0 aliphatic carbocycles. The van der Waals surface area contributed by atoms with Crippen molar-refractivity contribution < 1.29 is 50.6 Å². The van der Waals surface area contributed by atoms with Crippen LogP contribution in [0.5, 0.6) is 0 Å². The van der Waals surface area contributed by atoms with Gasteiger partial charge in [0, 0.05) is 5.39 Å². The number of halogens is 7. The summed E-state index contributed by atoms with van der Waals surface area (Å²) in [5.74, 6) is -16.9. The first-order valence-electron chi connectivity index (χ1n) is 14.2. The lowest BCUT2D eigenvalue weighted by molar-refractivity contribution is -0.900. The lowest BCUT2D eigenvalue weighted by atomic mass is 9.76. The maximum absolute atomic E-state index is 13.4. The van der Waals surface area contributed by atoms with E-state index in [4.69, 9.17) is 0 Å². The van der Waals surface area contributed by atoms with E-state index in [1.165, 1.54) is 77.8 Å². The quantitative estimate of drug-likeness (QED) is 0.165.